The second-order valence-corrected chi connectivity index (χ2v) is 6.61. The topological polar surface area (TPSA) is 49.4 Å². The molecule has 1 saturated heterocycles. The van der Waals surface area contributed by atoms with E-state index in [0.29, 0.717) is 24.4 Å². The van der Waals surface area contributed by atoms with Crippen LogP contribution in [0.4, 0.5) is 0 Å². The summed E-state index contributed by atoms with van der Waals surface area (Å²) in [7, 11) is 0. The molecule has 1 aliphatic carbocycles. The van der Waals surface area contributed by atoms with Gasteiger partial charge in [-0.05, 0) is 37.6 Å². The average Bonchev–Trinajstić information content (AvgIpc) is 2.44. The van der Waals surface area contributed by atoms with Crippen molar-refractivity contribution in [1.29, 1.82) is 0 Å². The van der Waals surface area contributed by atoms with Gasteiger partial charge < -0.3 is 10.1 Å². The van der Waals surface area contributed by atoms with Gasteiger partial charge in [0.1, 0.15) is 6.29 Å². The minimum atomic E-state index is -0.0581. The molecule has 0 spiro atoms. The monoisotopic (exact) mass is 280 g/mol. The van der Waals surface area contributed by atoms with Crippen LogP contribution >= 0.6 is 0 Å². The van der Waals surface area contributed by atoms with Crippen LogP contribution in [0.5, 0.6) is 0 Å². The fraction of sp³-hybridized carbons (Fsp3) is 0.875. The molecule has 114 valence electrons. The molecule has 1 N–H and O–H groups in total. The van der Waals surface area contributed by atoms with E-state index < -0.39 is 0 Å². The standard InChI is InChI=1S/C16H28N2O2/c1-12-6-5-8-15(13(12)2)17-16(20)10-18-9-4-3-7-14(18)11-19/h11-15H,3-10H2,1-2H3,(H,17,20). The number of amides is 1. The van der Waals surface area contributed by atoms with Crippen molar-refractivity contribution in [2.24, 2.45) is 11.8 Å². The normalized spacial score (nSPS) is 35.5. The number of hydrogen-bond acceptors (Lipinski definition) is 3. The van der Waals surface area contributed by atoms with Crippen molar-refractivity contribution in [3.63, 3.8) is 0 Å². The lowest BCUT2D eigenvalue weighted by molar-refractivity contribution is -0.125. The molecule has 4 heteroatoms. The third-order valence-corrected chi connectivity index (χ3v) is 5.22. The Kier molecular flexibility index (Phi) is 5.58. The molecule has 2 rings (SSSR count). The summed E-state index contributed by atoms with van der Waals surface area (Å²) >= 11 is 0. The van der Waals surface area contributed by atoms with Crippen LogP contribution in [0.2, 0.25) is 0 Å². The SMILES string of the molecule is CC1CCCC(NC(=O)CN2CCCCC2C=O)C1C. The van der Waals surface area contributed by atoms with Crippen molar-refractivity contribution < 1.29 is 9.59 Å². The van der Waals surface area contributed by atoms with Crippen LogP contribution in [0.15, 0.2) is 0 Å². The lowest BCUT2D eigenvalue weighted by atomic mass is 9.78. The lowest BCUT2D eigenvalue weighted by Crippen LogP contribution is -2.50. The first-order chi connectivity index (χ1) is 9.61. The summed E-state index contributed by atoms with van der Waals surface area (Å²) in [4.78, 5) is 25.3. The highest BCUT2D eigenvalue weighted by atomic mass is 16.2. The summed E-state index contributed by atoms with van der Waals surface area (Å²) in [6.07, 6.45) is 7.65. The fourth-order valence-electron chi connectivity index (χ4n) is 3.59. The highest BCUT2D eigenvalue weighted by molar-refractivity contribution is 5.79. The summed E-state index contributed by atoms with van der Waals surface area (Å²) in [5.74, 6) is 1.33. The molecule has 0 aromatic carbocycles. The third-order valence-electron chi connectivity index (χ3n) is 5.22. The first-order valence-corrected chi connectivity index (χ1v) is 8.10. The van der Waals surface area contributed by atoms with E-state index >= 15 is 0 Å². The van der Waals surface area contributed by atoms with Crippen LogP contribution < -0.4 is 5.32 Å². The van der Waals surface area contributed by atoms with Crippen LogP contribution in [-0.2, 0) is 9.59 Å². The van der Waals surface area contributed by atoms with Crippen LogP contribution in [0.1, 0.15) is 52.4 Å². The molecular formula is C16H28N2O2. The number of hydrogen-bond donors (Lipinski definition) is 1. The largest absolute Gasteiger partial charge is 0.352 e. The Labute approximate surface area is 122 Å². The van der Waals surface area contributed by atoms with Gasteiger partial charge in [0.05, 0.1) is 12.6 Å². The second-order valence-electron chi connectivity index (χ2n) is 6.61. The molecule has 1 saturated carbocycles. The van der Waals surface area contributed by atoms with Gasteiger partial charge in [-0.25, -0.2) is 0 Å². The van der Waals surface area contributed by atoms with Crippen molar-refractivity contribution in [3.05, 3.63) is 0 Å². The molecule has 1 aliphatic heterocycles. The molecule has 0 aromatic rings. The van der Waals surface area contributed by atoms with E-state index in [0.717, 1.165) is 38.5 Å². The Morgan fingerprint density at radius 1 is 1.20 bits per heavy atom. The van der Waals surface area contributed by atoms with E-state index in [1.165, 1.54) is 12.8 Å². The van der Waals surface area contributed by atoms with Crippen molar-refractivity contribution in [2.75, 3.05) is 13.1 Å². The van der Waals surface area contributed by atoms with E-state index in [2.05, 4.69) is 19.2 Å². The Morgan fingerprint density at radius 3 is 2.75 bits per heavy atom. The van der Waals surface area contributed by atoms with Gasteiger partial charge in [-0.15, -0.1) is 0 Å². The number of carbonyl (C=O) groups is 2. The van der Waals surface area contributed by atoms with Crippen molar-refractivity contribution in [3.8, 4) is 0 Å². The summed E-state index contributed by atoms with van der Waals surface area (Å²) in [5, 5.41) is 3.19. The zero-order chi connectivity index (χ0) is 14.5. The average molecular weight is 280 g/mol. The molecule has 0 bridgehead atoms. The van der Waals surface area contributed by atoms with Crippen molar-refractivity contribution >= 4 is 12.2 Å². The maximum Gasteiger partial charge on any atom is 0.234 e. The maximum atomic E-state index is 12.2. The molecule has 1 heterocycles. The predicted octanol–water partition coefficient (Wildman–Crippen LogP) is 1.98. The van der Waals surface area contributed by atoms with Gasteiger partial charge in [-0.1, -0.05) is 33.1 Å². The van der Waals surface area contributed by atoms with Gasteiger partial charge in [0, 0.05) is 6.04 Å². The molecular weight excluding hydrogens is 252 g/mol. The first-order valence-electron chi connectivity index (χ1n) is 8.10. The first kappa shape index (κ1) is 15.5. The molecule has 2 aliphatic rings. The Hall–Kier alpha value is -0.900. The zero-order valence-electron chi connectivity index (χ0n) is 12.8. The quantitative estimate of drug-likeness (QED) is 0.801. The third kappa shape index (κ3) is 3.81. The molecule has 4 unspecified atom stereocenters. The number of nitrogens with zero attached hydrogens (tertiary/aromatic N) is 1. The summed E-state index contributed by atoms with van der Waals surface area (Å²) in [6.45, 7) is 5.76. The van der Waals surface area contributed by atoms with Gasteiger partial charge in [0.2, 0.25) is 5.91 Å². The Morgan fingerprint density at radius 2 is 2.00 bits per heavy atom. The van der Waals surface area contributed by atoms with E-state index in [9.17, 15) is 9.59 Å². The van der Waals surface area contributed by atoms with Crippen molar-refractivity contribution in [2.45, 2.75) is 64.5 Å². The van der Waals surface area contributed by atoms with Gasteiger partial charge >= 0.3 is 0 Å². The van der Waals surface area contributed by atoms with Gasteiger partial charge in [-0.3, -0.25) is 9.69 Å². The number of likely N-dealkylation sites (tertiary alicyclic amines) is 1. The Bertz CT molecular complexity index is 345. The number of nitrogens with one attached hydrogen (secondary N) is 1. The fourth-order valence-corrected chi connectivity index (χ4v) is 3.59. The number of piperidine rings is 1. The zero-order valence-corrected chi connectivity index (χ0v) is 12.8. The predicted molar refractivity (Wildman–Crippen MR) is 79.4 cm³/mol. The Balaban J connectivity index is 1.83. The van der Waals surface area contributed by atoms with Crippen LogP contribution in [-0.4, -0.2) is 42.3 Å². The summed E-state index contributed by atoms with van der Waals surface area (Å²) < 4.78 is 0. The number of rotatable bonds is 4. The highest BCUT2D eigenvalue weighted by Gasteiger charge is 2.29. The molecule has 1 amide bonds. The highest BCUT2D eigenvalue weighted by Crippen LogP contribution is 2.29. The smallest absolute Gasteiger partial charge is 0.234 e. The van der Waals surface area contributed by atoms with E-state index in [4.69, 9.17) is 0 Å². The summed E-state index contributed by atoms with van der Waals surface area (Å²) in [6, 6.07) is 0.253. The molecule has 0 radical (unpaired) electrons. The van der Waals surface area contributed by atoms with Crippen LogP contribution in [0, 0.1) is 11.8 Å². The van der Waals surface area contributed by atoms with Gasteiger partial charge in [0.15, 0.2) is 0 Å². The molecule has 4 atom stereocenters. The minimum absolute atomic E-state index is 0.0581. The number of aldehydes is 1. The molecule has 20 heavy (non-hydrogen) atoms. The number of carbonyl (C=O) groups excluding carboxylic acids is 2. The van der Waals surface area contributed by atoms with Gasteiger partial charge in [-0.2, -0.15) is 0 Å². The molecule has 2 fully saturated rings. The van der Waals surface area contributed by atoms with Crippen molar-refractivity contribution in [1.82, 2.24) is 10.2 Å². The molecule has 4 nitrogen and oxygen atoms in total. The van der Waals surface area contributed by atoms with E-state index in [-0.39, 0.29) is 11.9 Å². The maximum absolute atomic E-state index is 12.2. The molecule has 0 aromatic heterocycles. The van der Waals surface area contributed by atoms with Gasteiger partial charge in [0.25, 0.3) is 0 Å². The van der Waals surface area contributed by atoms with Crippen LogP contribution in [0.25, 0.3) is 0 Å². The lowest BCUT2D eigenvalue weighted by Gasteiger charge is -2.36. The second kappa shape index (κ2) is 7.21. The minimum Gasteiger partial charge on any atom is -0.352 e. The van der Waals surface area contributed by atoms with E-state index in [1.54, 1.807) is 0 Å². The summed E-state index contributed by atoms with van der Waals surface area (Å²) in [5.41, 5.74) is 0. The van der Waals surface area contributed by atoms with Crippen LogP contribution in [0.3, 0.4) is 0 Å². The van der Waals surface area contributed by atoms with E-state index in [1.807, 2.05) is 4.90 Å².